The van der Waals surface area contributed by atoms with Gasteiger partial charge in [0.25, 0.3) is 0 Å². The molecule has 6 heterocycles. The van der Waals surface area contributed by atoms with E-state index in [-0.39, 0.29) is 69.1 Å². The van der Waals surface area contributed by atoms with Gasteiger partial charge in [-0.3, -0.25) is 30.2 Å². The molecule has 1 fully saturated rings. The van der Waals surface area contributed by atoms with E-state index >= 15 is 0 Å². The van der Waals surface area contributed by atoms with E-state index in [1.165, 1.54) is 65.3 Å². The van der Waals surface area contributed by atoms with Gasteiger partial charge in [-0.25, -0.2) is 37.7 Å². The van der Waals surface area contributed by atoms with Gasteiger partial charge in [0.05, 0.1) is 46.6 Å². The molecule has 346 valence electrons. The van der Waals surface area contributed by atoms with E-state index in [4.69, 9.17) is 37.9 Å². The number of anilines is 4. The molecule has 1 saturated carbocycles. The van der Waals surface area contributed by atoms with Gasteiger partial charge in [-0.15, -0.1) is 10.2 Å². The summed E-state index contributed by atoms with van der Waals surface area (Å²) in [4.78, 5) is 69.2. The minimum atomic E-state index is -3.15. The van der Waals surface area contributed by atoms with Crippen molar-refractivity contribution in [2.45, 2.75) is 64.7 Å². The number of hydrogen-bond donors (Lipinski definition) is 4. The topological polar surface area (TPSA) is 272 Å². The molecular formula is C42H39Cl2F2N15O6. The summed E-state index contributed by atoms with van der Waals surface area (Å²) in [6.07, 6.45) is 0.414. The van der Waals surface area contributed by atoms with Crippen LogP contribution in [0.3, 0.4) is 0 Å². The van der Waals surface area contributed by atoms with Crippen LogP contribution in [0, 0.1) is 22.7 Å². The van der Waals surface area contributed by atoms with Crippen LogP contribution < -0.4 is 21.3 Å². The molecule has 0 saturated heterocycles. The lowest BCUT2D eigenvalue weighted by molar-refractivity contribution is -0.177. The molecule has 6 aromatic rings. The van der Waals surface area contributed by atoms with Crippen LogP contribution in [0.5, 0.6) is 0 Å². The van der Waals surface area contributed by atoms with Crippen molar-refractivity contribution in [3.05, 3.63) is 94.8 Å². The van der Waals surface area contributed by atoms with Gasteiger partial charge in [0.1, 0.15) is 28.4 Å². The number of aromatic nitrogens is 10. The van der Waals surface area contributed by atoms with Crippen molar-refractivity contribution < 1.29 is 37.4 Å². The highest BCUT2D eigenvalue weighted by Crippen LogP contribution is 2.55. The summed E-state index contributed by atoms with van der Waals surface area (Å²) < 4.78 is 43.0. The molecule has 4 amide bonds. The van der Waals surface area contributed by atoms with Gasteiger partial charge in [0, 0.05) is 50.0 Å². The quantitative estimate of drug-likeness (QED) is 0.0715. The average molecular weight is 959 g/mol. The van der Waals surface area contributed by atoms with Crippen molar-refractivity contribution in [3.8, 4) is 28.8 Å². The van der Waals surface area contributed by atoms with Crippen LogP contribution in [0.2, 0.25) is 10.3 Å². The summed E-state index contributed by atoms with van der Waals surface area (Å²) >= 11 is 12.4. The van der Waals surface area contributed by atoms with Crippen molar-refractivity contribution >= 4 is 70.2 Å². The van der Waals surface area contributed by atoms with Crippen LogP contribution in [0.4, 0.5) is 41.4 Å². The molecule has 1 aliphatic carbocycles. The Morgan fingerprint density at radius 1 is 0.761 bits per heavy atom. The third-order valence-electron chi connectivity index (χ3n) is 10.6. The number of nitrogens with zero attached hydrogens (tertiary/aromatic N) is 11. The number of pyridine rings is 4. The summed E-state index contributed by atoms with van der Waals surface area (Å²) in [5.41, 5.74) is 0.394. The van der Waals surface area contributed by atoms with E-state index in [2.05, 4.69) is 61.8 Å². The summed E-state index contributed by atoms with van der Waals surface area (Å²) in [6.45, 7) is 4.45. The van der Waals surface area contributed by atoms with Crippen LogP contribution in [0.15, 0.2) is 73.3 Å². The Bertz CT molecular complexity index is 2850. The number of hydrogen-bond acceptors (Lipinski definition) is 15. The zero-order valence-corrected chi connectivity index (χ0v) is 37.4. The van der Waals surface area contributed by atoms with E-state index in [1.54, 1.807) is 45.2 Å². The van der Waals surface area contributed by atoms with Crippen LogP contribution in [0.25, 0.3) is 22.8 Å². The molecule has 1 unspecified atom stereocenters. The third-order valence-corrected chi connectivity index (χ3v) is 11.3. The predicted octanol–water partition coefficient (Wildman–Crippen LogP) is 7.79. The summed E-state index contributed by atoms with van der Waals surface area (Å²) in [6, 6.07) is 14.4. The number of ether oxygens (including phenoxy) is 2. The summed E-state index contributed by atoms with van der Waals surface area (Å²) in [7, 11) is 1.54. The number of amides is 4. The standard InChI is InChI=1S/C42H39Cl2F2N15O6/c1-22(17-47)37(62)52-25-9-11-30(50-18-25)32-36(55-40(65)67-24(3)28-8-6-15-49-34(28)44)61(59-57-32)16-13-41(20-42(45,46)21-41)38(63)53-26-10-12-29(51-19-26)31-35(60(4)58-56-31)54-39(64)66-23(2)27-7-5-14-48-33(27)43/h5-12,14-15,18-19,22-24H,13,16,20-21H2,1-4H3,(H,52,62)(H,53,63)(H,54,64)(H,55,65)/t22?,23-,24-/m1/s1. The van der Waals surface area contributed by atoms with E-state index in [9.17, 15) is 28.0 Å². The lowest BCUT2D eigenvalue weighted by Crippen LogP contribution is -2.53. The predicted molar refractivity (Wildman–Crippen MR) is 236 cm³/mol. The van der Waals surface area contributed by atoms with Gasteiger partial charge in [0.15, 0.2) is 23.0 Å². The highest BCUT2D eigenvalue weighted by molar-refractivity contribution is 6.30. The first-order chi connectivity index (χ1) is 32.0. The maximum Gasteiger partial charge on any atom is 0.413 e. The molecule has 7 rings (SSSR count). The summed E-state index contributed by atoms with van der Waals surface area (Å²) in [5, 5.41) is 36.3. The highest BCUT2D eigenvalue weighted by atomic mass is 35.5. The second-order valence-corrected chi connectivity index (χ2v) is 16.1. The molecule has 4 N–H and O–H groups in total. The van der Waals surface area contributed by atoms with Gasteiger partial charge in [-0.1, -0.05) is 45.8 Å². The fraction of sp³-hybridized carbons (Fsp3) is 0.310. The number of aryl methyl sites for hydroxylation is 2. The largest absolute Gasteiger partial charge is 0.441 e. The Kier molecular flexibility index (Phi) is 14.0. The maximum absolute atomic E-state index is 14.7. The zero-order chi connectivity index (χ0) is 48.0. The van der Waals surface area contributed by atoms with Crippen molar-refractivity contribution in [2.75, 3.05) is 21.3 Å². The monoisotopic (exact) mass is 957 g/mol. The smallest absolute Gasteiger partial charge is 0.413 e. The molecule has 67 heavy (non-hydrogen) atoms. The molecule has 0 aliphatic heterocycles. The van der Waals surface area contributed by atoms with E-state index in [0.29, 0.717) is 11.1 Å². The first-order valence-electron chi connectivity index (χ1n) is 20.3. The fourth-order valence-corrected chi connectivity index (χ4v) is 7.58. The zero-order valence-electron chi connectivity index (χ0n) is 35.9. The fourth-order valence-electron chi connectivity index (χ4n) is 7.04. The number of nitrogens with one attached hydrogen (secondary N) is 4. The lowest BCUT2D eigenvalue weighted by atomic mass is 9.63. The normalized spacial score (nSPS) is 14.9. The molecule has 0 aromatic carbocycles. The van der Waals surface area contributed by atoms with Gasteiger partial charge >= 0.3 is 12.2 Å². The molecule has 1 aliphatic rings. The van der Waals surface area contributed by atoms with Crippen LogP contribution in [-0.4, -0.2) is 79.8 Å². The molecule has 0 spiro atoms. The molecule has 0 radical (unpaired) electrons. The van der Waals surface area contributed by atoms with Crippen molar-refractivity contribution in [1.29, 1.82) is 5.26 Å². The number of halogens is 4. The Morgan fingerprint density at radius 3 is 1.79 bits per heavy atom. The van der Waals surface area contributed by atoms with Gasteiger partial charge < -0.3 is 20.1 Å². The number of carbonyl (C=O) groups excluding carboxylic acids is 4. The molecule has 3 atom stereocenters. The highest BCUT2D eigenvalue weighted by Gasteiger charge is 2.60. The SMILES string of the molecule is CC(C#N)C(=O)Nc1ccc(-c2nnn(CCC3(C(=O)Nc4ccc(-c5nnn(C)c5NC(=O)O[C@H](C)c5cccnc5Cl)nc4)CC(F)(F)C3)c2NC(=O)O[C@H](C)c2cccnc2Cl)nc1. The minimum Gasteiger partial charge on any atom is -0.441 e. The second-order valence-electron chi connectivity index (χ2n) is 15.4. The molecular weight excluding hydrogens is 919 g/mol. The van der Waals surface area contributed by atoms with Crippen LogP contribution in [0.1, 0.15) is 63.4 Å². The third kappa shape index (κ3) is 10.9. The van der Waals surface area contributed by atoms with Crippen molar-refractivity contribution in [3.63, 3.8) is 0 Å². The number of carbonyl (C=O) groups is 4. The van der Waals surface area contributed by atoms with Crippen LogP contribution in [-0.2, 0) is 32.7 Å². The van der Waals surface area contributed by atoms with E-state index in [1.807, 2.05) is 6.07 Å². The Labute approximate surface area is 389 Å². The van der Waals surface area contributed by atoms with Crippen molar-refractivity contribution in [1.82, 2.24) is 49.9 Å². The lowest BCUT2D eigenvalue weighted by Gasteiger charge is -2.45. The first-order valence-corrected chi connectivity index (χ1v) is 21.0. The Morgan fingerprint density at radius 2 is 1.28 bits per heavy atom. The molecule has 0 bridgehead atoms. The number of alkyl halides is 2. The second kappa shape index (κ2) is 19.8. The minimum absolute atomic E-state index is 0.0402. The van der Waals surface area contributed by atoms with Crippen LogP contribution >= 0.6 is 23.2 Å². The first kappa shape index (κ1) is 47.3. The molecule has 6 aromatic heterocycles. The molecule has 25 heteroatoms. The number of nitriles is 1. The summed E-state index contributed by atoms with van der Waals surface area (Å²) in [5.74, 6) is -5.24. The maximum atomic E-state index is 14.7. The molecule has 21 nitrogen and oxygen atoms in total. The Balaban J connectivity index is 1.07. The van der Waals surface area contributed by atoms with Gasteiger partial charge in [-0.2, -0.15) is 5.26 Å². The van der Waals surface area contributed by atoms with Gasteiger partial charge in [0.2, 0.25) is 17.7 Å². The average Bonchev–Trinajstić information content (AvgIpc) is 3.86. The van der Waals surface area contributed by atoms with Crippen molar-refractivity contribution in [2.24, 2.45) is 18.4 Å². The van der Waals surface area contributed by atoms with Gasteiger partial charge in [-0.05, 0) is 63.6 Å². The Hall–Kier alpha value is -7.71. The number of rotatable bonds is 15. The van der Waals surface area contributed by atoms with E-state index in [0.717, 1.165) is 0 Å². The van der Waals surface area contributed by atoms with E-state index < -0.39 is 66.3 Å².